The summed E-state index contributed by atoms with van der Waals surface area (Å²) in [7, 11) is 0. The van der Waals surface area contributed by atoms with Gasteiger partial charge in [-0.25, -0.2) is 4.79 Å². The Morgan fingerprint density at radius 1 is 1.38 bits per heavy atom. The van der Waals surface area contributed by atoms with E-state index in [-0.39, 0.29) is 6.09 Å². The molecule has 3 nitrogen and oxygen atoms in total. The average molecular weight is 184 g/mol. The molecule has 1 saturated carbocycles. The fourth-order valence-corrected chi connectivity index (χ4v) is 1.62. The summed E-state index contributed by atoms with van der Waals surface area (Å²) in [5, 5.41) is 2.86. The molecule has 1 fully saturated rings. The van der Waals surface area contributed by atoms with Gasteiger partial charge in [-0.15, -0.1) is 0 Å². The molecule has 0 unspecified atom stereocenters. The van der Waals surface area contributed by atoms with E-state index in [0.29, 0.717) is 19.1 Å². The Balaban J connectivity index is 2.11. The Kier molecular flexibility index (Phi) is 4.65. The second-order valence-corrected chi connectivity index (χ2v) is 3.47. The molecule has 1 N–H and O–H groups in total. The van der Waals surface area contributed by atoms with E-state index in [9.17, 15) is 4.79 Å². The maximum absolute atomic E-state index is 11.1. The number of ether oxygens (including phenoxy) is 1. The minimum atomic E-state index is -0.282. The molecular formula is C10H18NO2. The predicted octanol–water partition coefficient (Wildman–Crippen LogP) is 2.27. The lowest BCUT2D eigenvalue weighted by Gasteiger charge is -2.22. The molecule has 0 atom stereocenters. The molecule has 1 rings (SSSR count). The standard InChI is InChI=1S/C10H18NO2/c1-2-8-13-10(12)11-9-6-4-3-5-7-9/h9H,1-8H2,(H,11,12). The van der Waals surface area contributed by atoms with Crippen LogP contribution in [0.4, 0.5) is 4.79 Å². The molecule has 0 aromatic carbocycles. The highest BCUT2D eigenvalue weighted by molar-refractivity contribution is 5.67. The molecule has 75 valence electrons. The van der Waals surface area contributed by atoms with E-state index in [1.54, 1.807) is 0 Å². The van der Waals surface area contributed by atoms with Crippen LogP contribution in [0.2, 0.25) is 0 Å². The third-order valence-corrected chi connectivity index (χ3v) is 2.30. The first-order chi connectivity index (χ1) is 6.33. The zero-order valence-electron chi connectivity index (χ0n) is 8.05. The zero-order valence-corrected chi connectivity index (χ0v) is 8.05. The second-order valence-electron chi connectivity index (χ2n) is 3.47. The summed E-state index contributed by atoms with van der Waals surface area (Å²) in [6.07, 6.45) is 6.29. The molecule has 1 aliphatic rings. The fourth-order valence-electron chi connectivity index (χ4n) is 1.62. The molecule has 3 heteroatoms. The quantitative estimate of drug-likeness (QED) is 0.730. The molecule has 0 heterocycles. The van der Waals surface area contributed by atoms with Gasteiger partial charge in [0.15, 0.2) is 0 Å². The van der Waals surface area contributed by atoms with Crippen molar-refractivity contribution in [2.24, 2.45) is 0 Å². The minimum Gasteiger partial charge on any atom is -0.450 e. The van der Waals surface area contributed by atoms with E-state index < -0.39 is 0 Å². The van der Waals surface area contributed by atoms with Crippen LogP contribution in [0.5, 0.6) is 0 Å². The van der Waals surface area contributed by atoms with Crippen LogP contribution in [-0.4, -0.2) is 18.7 Å². The van der Waals surface area contributed by atoms with Crippen molar-refractivity contribution >= 4 is 6.09 Å². The number of rotatable bonds is 3. The zero-order chi connectivity index (χ0) is 9.52. The smallest absolute Gasteiger partial charge is 0.407 e. The Morgan fingerprint density at radius 2 is 2.08 bits per heavy atom. The monoisotopic (exact) mass is 184 g/mol. The van der Waals surface area contributed by atoms with Crippen molar-refractivity contribution < 1.29 is 9.53 Å². The van der Waals surface area contributed by atoms with Gasteiger partial charge < -0.3 is 10.1 Å². The highest BCUT2D eigenvalue weighted by Gasteiger charge is 2.15. The van der Waals surface area contributed by atoms with Crippen molar-refractivity contribution in [1.82, 2.24) is 5.32 Å². The van der Waals surface area contributed by atoms with E-state index in [1.165, 1.54) is 19.3 Å². The molecule has 0 bridgehead atoms. The molecule has 0 aliphatic heterocycles. The Morgan fingerprint density at radius 3 is 2.69 bits per heavy atom. The number of carbonyl (C=O) groups is 1. The van der Waals surface area contributed by atoms with Crippen LogP contribution in [0.25, 0.3) is 0 Å². The number of hydrogen-bond donors (Lipinski definition) is 1. The van der Waals surface area contributed by atoms with Gasteiger partial charge in [0.2, 0.25) is 0 Å². The van der Waals surface area contributed by atoms with Gasteiger partial charge in [0, 0.05) is 6.04 Å². The van der Waals surface area contributed by atoms with Gasteiger partial charge in [-0.3, -0.25) is 0 Å². The first-order valence-corrected chi connectivity index (χ1v) is 5.05. The third-order valence-electron chi connectivity index (χ3n) is 2.30. The van der Waals surface area contributed by atoms with Crippen LogP contribution in [0.3, 0.4) is 0 Å². The molecular weight excluding hydrogens is 166 g/mol. The van der Waals surface area contributed by atoms with Crippen molar-refractivity contribution in [3.05, 3.63) is 6.92 Å². The molecule has 1 aliphatic carbocycles. The summed E-state index contributed by atoms with van der Waals surface area (Å²) in [5.74, 6) is 0. The van der Waals surface area contributed by atoms with E-state index in [0.717, 1.165) is 12.8 Å². The van der Waals surface area contributed by atoms with Crippen LogP contribution in [-0.2, 0) is 4.74 Å². The predicted molar refractivity (Wildman–Crippen MR) is 51.3 cm³/mol. The Bertz CT molecular complexity index is 153. The summed E-state index contributed by atoms with van der Waals surface area (Å²) in [6.45, 7) is 4.01. The Hall–Kier alpha value is -0.730. The van der Waals surface area contributed by atoms with E-state index in [1.807, 2.05) is 0 Å². The van der Waals surface area contributed by atoms with Gasteiger partial charge in [0.25, 0.3) is 0 Å². The first-order valence-electron chi connectivity index (χ1n) is 5.05. The SMILES string of the molecule is [CH2]CCOC(=O)NC1CCCCC1. The number of amides is 1. The lowest BCUT2D eigenvalue weighted by Crippen LogP contribution is -2.36. The molecule has 0 spiro atoms. The van der Waals surface area contributed by atoms with Crippen molar-refractivity contribution in [3.63, 3.8) is 0 Å². The maximum atomic E-state index is 11.1. The number of hydrogen-bond acceptors (Lipinski definition) is 2. The topological polar surface area (TPSA) is 38.3 Å². The van der Waals surface area contributed by atoms with E-state index >= 15 is 0 Å². The molecule has 0 aromatic rings. The number of alkyl carbamates (subject to hydrolysis) is 1. The summed E-state index contributed by atoms with van der Waals surface area (Å²) >= 11 is 0. The van der Waals surface area contributed by atoms with Crippen molar-refractivity contribution in [3.8, 4) is 0 Å². The lowest BCUT2D eigenvalue weighted by atomic mass is 9.96. The fraction of sp³-hybridized carbons (Fsp3) is 0.800. The van der Waals surface area contributed by atoms with Gasteiger partial charge in [0.05, 0.1) is 6.61 Å². The Labute approximate surface area is 79.8 Å². The average Bonchev–Trinajstić information content (AvgIpc) is 2.16. The van der Waals surface area contributed by atoms with Gasteiger partial charge in [0.1, 0.15) is 0 Å². The van der Waals surface area contributed by atoms with Crippen molar-refractivity contribution in [1.29, 1.82) is 0 Å². The summed E-state index contributed by atoms with van der Waals surface area (Å²) in [4.78, 5) is 11.1. The van der Waals surface area contributed by atoms with Crippen LogP contribution >= 0.6 is 0 Å². The van der Waals surface area contributed by atoms with Crippen molar-refractivity contribution in [2.45, 2.75) is 44.6 Å². The van der Waals surface area contributed by atoms with Gasteiger partial charge in [-0.2, -0.15) is 0 Å². The van der Waals surface area contributed by atoms with Crippen LogP contribution in [0, 0.1) is 6.92 Å². The second kappa shape index (κ2) is 5.84. The highest BCUT2D eigenvalue weighted by atomic mass is 16.5. The number of nitrogens with one attached hydrogen (secondary N) is 1. The third kappa shape index (κ3) is 4.15. The lowest BCUT2D eigenvalue weighted by molar-refractivity contribution is 0.141. The molecule has 1 amide bonds. The van der Waals surface area contributed by atoms with Crippen LogP contribution < -0.4 is 5.32 Å². The molecule has 0 saturated heterocycles. The van der Waals surface area contributed by atoms with Gasteiger partial charge >= 0.3 is 6.09 Å². The van der Waals surface area contributed by atoms with Crippen LogP contribution in [0.1, 0.15) is 38.5 Å². The normalized spacial score (nSPS) is 18.2. The van der Waals surface area contributed by atoms with Crippen molar-refractivity contribution in [2.75, 3.05) is 6.61 Å². The summed E-state index contributed by atoms with van der Waals surface area (Å²) in [6, 6.07) is 0.339. The molecule has 0 aromatic heterocycles. The largest absolute Gasteiger partial charge is 0.450 e. The van der Waals surface area contributed by atoms with E-state index in [4.69, 9.17) is 4.74 Å². The maximum Gasteiger partial charge on any atom is 0.407 e. The van der Waals surface area contributed by atoms with Gasteiger partial charge in [-0.1, -0.05) is 19.3 Å². The minimum absolute atomic E-state index is 0.282. The summed E-state index contributed by atoms with van der Waals surface area (Å²) < 4.78 is 4.88. The summed E-state index contributed by atoms with van der Waals surface area (Å²) in [5.41, 5.74) is 0. The molecule has 13 heavy (non-hydrogen) atoms. The highest BCUT2D eigenvalue weighted by Crippen LogP contribution is 2.17. The van der Waals surface area contributed by atoms with E-state index in [2.05, 4.69) is 12.2 Å². The first kappa shape index (κ1) is 10.4. The number of carbonyl (C=O) groups excluding carboxylic acids is 1. The van der Waals surface area contributed by atoms with Gasteiger partial charge in [-0.05, 0) is 26.2 Å². The molecule has 1 radical (unpaired) electrons. The van der Waals surface area contributed by atoms with Crippen LogP contribution in [0.15, 0.2) is 0 Å².